The molecule has 7 heteroatoms. The molecule has 3 heterocycles. The van der Waals surface area contributed by atoms with Crippen molar-refractivity contribution in [3.05, 3.63) is 46.7 Å². The second-order valence-electron chi connectivity index (χ2n) is 7.19. The minimum Gasteiger partial charge on any atom is -0.486 e. The predicted molar refractivity (Wildman–Crippen MR) is 108 cm³/mol. The molecular formula is C21H26N2O4S. The van der Waals surface area contributed by atoms with Gasteiger partial charge in [-0.2, -0.15) is 0 Å². The zero-order chi connectivity index (χ0) is 19.2. The van der Waals surface area contributed by atoms with Crippen LogP contribution in [0.3, 0.4) is 0 Å². The van der Waals surface area contributed by atoms with Crippen molar-refractivity contribution in [2.45, 2.75) is 31.6 Å². The summed E-state index contributed by atoms with van der Waals surface area (Å²) < 4.78 is 17.4. The van der Waals surface area contributed by atoms with Gasteiger partial charge >= 0.3 is 0 Å². The average Bonchev–Trinajstić information content (AvgIpc) is 3.40. The summed E-state index contributed by atoms with van der Waals surface area (Å²) in [4.78, 5) is 16.0. The number of hydrogen-bond acceptors (Lipinski definition) is 6. The fraction of sp³-hybridized carbons (Fsp3) is 0.476. The van der Waals surface area contributed by atoms with E-state index in [0.717, 1.165) is 44.0 Å². The van der Waals surface area contributed by atoms with Crippen molar-refractivity contribution in [2.24, 2.45) is 0 Å². The van der Waals surface area contributed by atoms with Crippen LogP contribution in [0.15, 0.2) is 41.8 Å². The topological polar surface area (TPSA) is 60.0 Å². The van der Waals surface area contributed by atoms with Crippen molar-refractivity contribution in [1.29, 1.82) is 0 Å². The number of amides is 1. The van der Waals surface area contributed by atoms with Gasteiger partial charge in [-0.05, 0) is 36.4 Å². The highest BCUT2D eigenvalue weighted by atomic mass is 32.1. The van der Waals surface area contributed by atoms with Crippen molar-refractivity contribution in [3.8, 4) is 11.5 Å². The molecule has 2 unspecified atom stereocenters. The van der Waals surface area contributed by atoms with E-state index in [1.54, 1.807) is 11.3 Å². The lowest BCUT2D eigenvalue weighted by molar-refractivity contribution is -0.123. The zero-order valence-electron chi connectivity index (χ0n) is 15.8. The van der Waals surface area contributed by atoms with Gasteiger partial charge in [0.2, 0.25) is 5.91 Å². The molecule has 1 amide bonds. The number of thiophene rings is 1. The van der Waals surface area contributed by atoms with Gasteiger partial charge in [0.25, 0.3) is 0 Å². The summed E-state index contributed by atoms with van der Waals surface area (Å²) in [5.41, 5.74) is 0. The molecule has 4 rings (SSSR count). The van der Waals surface area contributed by atoms with Crippen LogP contribution in [0.1, 0.15) is 17.7 Å². The molecule has 0 radical (unpaired) electrons. The summed E-state index contributed by atoms with van der Waals surface area (Å²) in [6.07, 6.45) is 2.21. The number of benzene rings is 1. The predicted octanol–water partition coefficient (Wildman–Crippen LogP) is 2.69. The van der Waals surface area contributed by atoms with Gasteiger partial charge in [0.05, 0.1) is 19.2 Å². The first kappa shape index (κ1) is 19.2. The minimum atomic E-state index is -0.178. The minimum absolute atomic E-state index is 0.00277. The lowest BCUT2D eigenvalue weighted by Gasteiger charge is -2.27. The highest BCUT2D eigenvalue weighted by Gasteiger charge is 2.23. The number of hydrogen-bond donors (Lipinski definition) is 1. The quantitative estimate of drug-likeness (QED) is 0.736. The second kappa shape index (κ2) is 9.41. The molecule has 2 aromatic rings. The zero-order valence-corrected chi connectivity index (χ0v) is 16.7. The molecule has 2 aliphatic rings. The van der Waals surface area contributed by atoms with Crippen LogP contribution in [0.4, 0.5) is 0 Å². The van der Waals surface area contributed by atoms with Gasteiger partial charge in [0.15, 0.2) is 11.5 Å². The Morgan fingerprint density at radius 3 is 2.86 bits per heavy atom. The van der Waals surface area contributed by atoms with Crippen LogP contribution in [0.5, 0.6) is 11.5 Å². The van der Waals surface area contributed by atoms with Gasteiger partial charge < -0.3 is 19.5 Å². The summed E-state index contributed by atoms with van der Waals surface area (Å²) in [5, 5.41) is 5.06. The van der Waals surface area contributed by atoms with Crippen LogP contribution >= 0.6 is 11.3 Å². The smallest absolute Gasteiger partial charge is 0.234 e. The molecule has 1 aromatic carbocycles. The molecule has 1 saturated heterocycles. The molecule has 150 valence electrons. The SMILES string of the molecule is O=C(CN(Cc1cccs1)CC1CCCO1)NCC1COc2ccccc2O1. The van der Waals surface area contributed by atoms with E-state index in [2.05, 4.69) is 21.7 Å². The first-order chi connectivity index (χ1) is 13.8. The van der Waals surface area contributed by atoms with Crippen LogP contribution in [-0.2, 0) is 16.1 Å². The summed E-state index contributed by atoms with van der Waals surface area (Å²) >= 11 is 1.72. The molecule has 2 atom stereocenters. The van der Waals surface area contributed by atoms with Gasteiger partial charge in [-0.3, -0.25) is 9.69 Å². The van der Waals surface area contributed by atoms with Gasteiger partial charge in [-0.1, -0.05) is 18.2 Å². The lowest BCUT2D eigenvalue weighted by Crippen LogP contribution is -2.45. The Morgan fingerprint density at radius 1 is 1.18 bits per heavy atom. The molecule has 0 aliphatic carbocycles. The summed E-state index contributed by atoms with van der Waals surface area (Å²) in [5.74, 6) is 1.48. The Morgan fingerprint density at radius 2 is 2.07 bits per heavy atom. The van der Waals surface area contributed by atoms with Crippen LogP contribution in [0.2, 0.25) is 0 Å². The number of fused-ring (bicyclic) bond motifs is 1. The van der Waals surface area contributed by atoms with E-state index in [-0.39, 0.29) is 18.1 Å². The number of nitrogens with zero attached hydrogens (tertiary/aromatic N) is 1. The van der Waals surface area contributed by atoms with Crippen LogP contribution in [-0.4, -0.2) is 55.9 Å². The number of carbonyl (C=O) groups excluding carboxylic acids is 1. The van der Waals surface area contributed by atoms with E-state index in [0.29, 0.717) is 19.7 Å². The van der Waals surface area contributed by atoms with Gasteiger partial charge in [0.1, 0.15) is 12.7 Å². The fourth-order valence-electron chi connectivity index (χ4n) is 3.53. The molecule has 0 spiro atoms. The third-order valence-electron chi connectivity index (χ3n) is 4.91. The van der Waals surface area contributed by atoms with Crippen LogP contribution in [0, 0.1) is 0 Å². The maximum Gasteiger partial charge on any atom is 0.234 e. The standard InChI is InChI=1S/C21H26N2O4S/c24-21(22-11-17-15-26-19-7-1-2-8-20(19)27-17)14-23(12-16-5-3-9-25-16)13-18-6-4-10-28-18/h1-2,4,6-8,10,16-17H,3,5,9,11-15H2,(H,22,24). The fourth-order valence-corrected chi connectivity index (χ4v) is 4.28. The summed E-state index contributed by atoms with van der Waals surface area (Å²) in [6, 6.07) is 11.8. The Kier molecular flexibility index (Phi) is 6.46. The van der Waals surface area contributed by atoms with E-state index in [1.807, 2.05) is 30.3 Å². The number of nitrogens with one attached hydrogen (secondary N) is 1. The molecule has 1 N–H and O–H groups in total. The maximum absolute atomic E-state index is 12.6. The summed E-state index contributed by atoms with van der Waals surface area (Å²) in [6.45, 7) is 3.58. The van der Waals surface area contributed by atoms with Gasteiger partial charge in [0, 0.05) is 24.6 Å². The normalized spacial score (nSPS) is 21.0. The Bertz CT molecular complexity index is 762. The van der Waals surface area contributed by atoms with Crippen molar-refractivity contribution in [1.82, 2.24) is 10.2 Å². The van der Waals surface area contributed by atoms with Crippen LogP contribution in [0.25, 0.3) is 0 Å². The summed E-state index contributed by atoms with van der Waals surface area (Å²) in [7, 11) is 0. The second-order valence-corrected chi connectivity index (χ2v) is 8.22. The van der Waals surface area contributed by atoms with E-state index < -0.39 is 0 Å². The first-order valence-electron chi connectivity index (χ1n) is 9.78. The van der Waals surface area contributed by atoms with Crippen molar-refractivity contribution >= 4 is 17.2 Å². The number of ether oxygens (including phenoxy) is 3. The Labute approximate surface area is 169 Å². The Balaban J connectivity index is 1.27. The molecule has 1 aromatic heterocycles. The molecule has 0 saturated carbocycles. The molecule has 1 fully saturated rings. The number of rotatable bonds is 8. The van der Waals surface area contributed by atoms with Crippen molar-refractivity contribution in [3.63, 3.8) is 0 Å². The third kappa shape index (κ3) is 5.25. The average molecular weight is 403 g/mol. The van der Waals surface area contributed by atoms with Gasteiger partial charge in [-0.15, -0.1) is 11.3 Å². The Hall–Kier alpha value is -2.09. The van der Waals surface area contributed by atoms with Crippen molar-refractivity contribution in [2.75, 3.05) is 32.8 Å². The van der Waals surface area contributed by atoms with E-state index in [1.165, 1.54) is 4.88 Å². The largest absolute Gasteiger partial charge is 0.486 e. The van der Waals surface area contributed by atoms with Crippen molar-refractivity contribution < 1.29 is 19.0 Å². The maximum atomic E-state index is 12.6. The third-order valence-corrected chi connectivity index (χ3v) is 5.77. The van der Waals surface area contributed by atoms with E-state index in [4.69, 9.17) is 14.2 Å². The van der Waals surface area contributed by atoms with Crippen LogP contribution < -0.4 is 14.8 Å². The lowest BCUT2D eigenvalue weighted by atomic mass is 10.2. The monoisotopic (exact) mass is 402 g/mol. The molecule has 6 nitrogen and oxygen atoms in total. The molecular weight excluding hydrogens is 376 g/mol. The first-order valence-corrected chi connectivity index (χ1v) is 10.7. The van der Waals surface area contributed by atoms with Gasteiger partial charge in [-0.25, -0.2) is 0 Å². The molecule has 2 aliphatic heterocycles. The van der Waals surface area contributed by atoms with E-state index >= 15 is 0 Å². The number of para-hydroxylation sites is 2. The van der Waals surface area contributed by atoms with E-state index in [9.17, 15) is 4.79 Å². The molecule has 28 heavy (non-hydrogen) atoms. The highest BCUT2D eigenvalue weighted by molar-refractivity contribution is 7.09. The number of carbonyl (C=O) groups is 1. The molecule has 0 bridgehead atoms. The highest BCUT2D eigenvalue weighted by Crippen LogP contribution is 2.30.